The molecular formula is C8H15NO2. The largest absolute Gasteiger partial charge is 0.392 e. The average molecular weight is 157 g/mol. The standard InChI is InChI=1S/C8H15NO2/c10-6-4-7-8(11)2-1-3-9(7)5-6/h6-8,10-11H,1-5H2/t6-,7+,8+/m1/s1. The quantitative estimate of drug-likeness (QED) is 0.502. The minimum atomic E-state index is -0.201. The van der Waals surface area contributed by atoms with E-state index in [4.69, 9.17) is 0 Å². The second kappa shape index (κ2) is 2.73. The summed E-state index contributed by atoms with van der Waals surface area (Å²) in [6.45, 7) is 1.82. The molecule has 2 fully saturated rings. The minimum absolute atomic E-state index is 0.194. The van der Waals surface area contributed by atoms with E-state index in [2.05, 4.69) is 4.90 Å². The van der Waals surface area contributed by atoms with Crippen molar-refractivity contribution in [2.24, 2.45) is 0 Å². The van der Waals surface area contributed by atoms with E-state index in [0.717, 1.165) is 32.4 Å². The minimum Gasteiger partial charge on any atom is -0.392 e. The van der Waals surface area contributed by atoms with Gasteiger partial charge in [0.15, 0.2) is 0 Å². The van der Waals surface area contributed by atoms with E-state index < -0.39 is 0 Å². The fraction of sp³-hybridized carbons (Fsp3) is 1.00. The first-order valence-electron chi connectivity index (χ1n) is 4.37. The van der Waals surface area contributed by atoms with E-state index in [1.165, 1.54) is 0 Å². The molecule has 2 saturated heterocycles. The Bertz CT molecular complexity index is 151. The lowest BCUT2D eigenvalue weighted by molar-refractivity contribution is 0.0344. The van der Waals surface area contributed by atoms with Gasteiger partial charge >= 0.3 is 0 Å². The maximum absolute atomic E-state index is 9.54. The van der Waals surface area contributed by atoms with Gasteiger partial charge in [-0.3, -0.25) is 4.90 Å². The summed E-state index contributed by atoms with van der Waals surface area (Å²) in [5.74, 6) is 0. The Morgan fingerprint density at radius 1 is 1.27 bits per heavy atom. The maximum atomic E-state index is 9.54. The van der Waals surface area contributed by atoms with Gasteiger partial charge in [-0.05, 0) is 25.8 Å². The van der Waals surface area contributed by atoms with Gasteiger partial charge in [-0.1, -0.05) is 0 Å². The topological polar surface area (TPSA) is 43.7 Å². The van der Waals surface area contributed by atoms with Gasteiger partial charge in [-0.2, -0.15) is 0 Å². The predicted octanol–water partition coefficient (Wildman–Crippen LogP) is -0.424. The first-order chi connectivity index (χ1) is 5.27. The van der Waals surface area contributed by atoms with Crippen LogP contribution in [0.25, 0.3) is 0 Å². The van der Waals surface area contributed by atoms with Crippen LogP contribution in [0.1, 0.15) is 19.3 Å². The second-order valence-electron chi connectivity index (χ2n) is 3.66. The lowest BCUT2D eigenvalue weighted by atomic mass is 9.99. The van der Waals surface area contributed by atoms with Gasteiger partial charge in [0.05, 0.1) is 12.2 Å². The van der Waals surface area contributed by atoms with Crippen molar-refractivity contribution in [2.45, 2.75) is 37.5 Å². The molecule has 0 saturated carbocycles. The highest BCUT2D eigenvalue weighted by Gasteiger charge is 2.37. The number of fused-ring (bicyclic) bond motifs is 1. The van der Waals surface area contributed by atoms with Crippen LogP contribution in [-0.2, 0) is 0 Å². The summed E-state index contributed by atoms with van der Waals surface area (Å²) in [7, 11) is 0. The third-order valence-corrected chi connectivity index (χ3v) is 2.82. The summed E-state index contributed by atoms with van der Waals surface area (Å²) < 4.78 is 0. The van der Waals surface area contributed by atoms with Gasteiger partial charge in [0.25, 0.3) is 0 Å². The summed E-state index contributed by atoms with van der Waals surface area (Å²) in [6, 6.07) is 0.249. The molecule has 3 heteroatoms. The second-order valence-corrected chi connectivity index (χ2v) is 3.66. The summed E-state index contributed by atoms with van der Waals surface area (Å²) in [5.41, 5.74) is 0. The molecule has 0 aromatic heterocycles. The van der Waals surface area contributed by atoms with E-state index in [1.54, 1.807) is 0 Å². The van der Waals surface area contributed by atoms with Crippen LogP contribution in [-0.4, -0.2) is 46.5 Å². The highest BCUT2D eigenvalue weighted by molar-refractivity contribution is 4.92. The van der Waals surface area contributed by atoms with Crippen molar-refractivity contribution in [3.8, 4) is 0 Å². The van der Waals surface area contributed by atoms with Gasteiger partial charge in [-0.25, -0.2) is 0 Å². The van der Waals surface area contributed by atoms with E-state index in [-0.39, 0.29) is 18.2 Å². The Labute approximate surface area is 66.6 Å². The molecule has 0 spiro atoms. The average Bonchev–Trinajstić information content (AvgIpc) is 2.31. The number of hydrogen-bond donors (Lipinski definition) is 2. The van der Waals surface area contributed by atoms with Crippen molar-refractivity contribution in [2.75, 3.05) is 13.1 Å². The zero-order valence-electron chi connectivity index (χ0n) is 6.61. The zero-order valence-corrected chi connectivity index (χ0v) is 6.61. The molecule has 0 radical (unpaired) electrons. The van der Waals surface area contributed by atoms with Crippen LogP contribution in [0.2, 0.25) is 0 Å². The molecule has 3 nitrogen and oxygen atoms in total. The van der Waals surface area contributed by atoms with Crippen molar-refractivity contribution in [3.05, 3.63) is 0 Å². The molecule has 64 valence electrons. The molecule has 0 amide bonds. The highest BCUT2D eigenvalue weighted by Crippen LogP contribution is 2.26. The molecule has 0 bridgehead atoms. The van der Waals surface area contributed by atoms with Crippen LogP contribution in [0.4, 0.5) is 0 Å². The first-order valence-corrected chi connectivity index (χ1v) is 4.37. The monoisotopic (exact) mass is 157 g/mol. The van der Waals surface area contributed by atoms with Crippen LogP contribution in [0.3, 0.4) is 0 Å². The number of rotatable bonds is 0. The van der Waals surface area contributed by atoms with Crippen molar-refractivity contribution < 1.29 is 10.2 Å². The van der Waals surface area contributed by atoms with Gasteiger partial charge in [0, 0.05) is 12.6 Å². The Morgan fingerprint density at radius 3 is 2.82 bits per heavy atom. The van der Waals surface area contributed by atoms with E-state index in [0.29, 0.717) is 0 Å². The normalized spacial score (nSPS) is 45.8. The fourth-order valence-electron chi connectivity index (χ4n) is 2.26. The number of aliphatic hydroxyl groups excluding tert-OH is 2. The van der Waals surface area contributed by atoms with Crippen LogP contribution < -0.4 is 0 Å². The molecule has 2 heterocycles. The van der Waals surface area contributed by atoms with Crippen molar-refractivity contribution in [3.63, 3.8) is 0 Å². The zero-order chi connectivity index (χ0) is 7.84. The van der Waals surface area contributed by atoms with Crippen LogP contribution in [0, 0.1) is 0 Å². The number of aliphatic hydroxyl groups is 2. The van der Waals surface area contributed by atoms with Crippen molar-refractivity contribution in [1.82, 2.24) is 4.90 Å². The molecule has 11 heavy (non-hydrogen) atoms. The first kappa shape index (κ1) is 7.53. The van der Waals surface area contributed by atoms with Gasteiger partial charge < -0.3 is 10.2 Å². The van der Waals surface area contributed by atoms with E-state index >= 15 is 0 Å². The molecule has 2 N–H and O–H groups in total. The van der Waals surface area contributed by atoms with E-state index in [9.17, 15) is 10.2 Å². The maximum Gasteiger partial charge on any atom is 0.0696 e. The van der Waals surface area contributed by atoms with Crippen LogP contribution in [0.15, 0.2) is 0 Å². The molecule has 0 aromatic rings. The van der Waals surface area contributed by atoms with Crippen molar-refractivity contribution >= 4 is 0 Å². The molecule has 0 aromatic carbocycles. The molecule has 2 rings (SSSR count). The molecule has 0 unspecified atom stereocenters. The third-order valence-electron chi connectivity index (χ3n) is 2.82. The summed E-state index contributed by atoms with van der Waals surface area (Å²) in [4.78, 5) is 2.21. The molecule has 3 atom stereocenters. The van der Waals surface area contributed by atoms with Gasteiger partial charge in [0.1, 0.15) is 0 Å². The smallest absolute Gasteiger partial charge is 0.0696 e. The third kappa shape index (κ3) is 1.28. The Kier molecular flexibility index (Phi) is 1.87. The lowest BCUT2D eigenvalue weighted by Crippen LogP contribution is -2.43. The van der Waals surface area contributed by atoms with Crippen molar-refractivity contribution in [1.29, 1.82) is 0 Å². The Balaban J connectivity index is 2.03. The lowest BCUT2D eigenvalue weighted by Gasteiger charge is -2.33. The summed E-state index contributed by atoms with van der Waals surface area (Å²) >= 11 is 0. The molecule has 2 aliphatic rings. The summed E-state index contributed by atoms with van der Waals surface area (Å²) in [5, 5.41) is 18.9. The Morgan fingerprint density at radius 2 is 2.09 bits per heavy atom. The Hall–Kier alpha value is -0.120. The SMILES string of the molecule is O[C@@H]1C[C@H]2[C@@H](O)CCCN2C1. The van der Waals surface area contributed by atoms with Crippen LogP contribution >= 0.6 is 0 Å². The van der Waals surface area contributed by atoms with Gasteiger partial charge in [0.2, 0.25) is 0 Å². The predicted molar refractivity (Wildman–Crippen MR) is 41.2 cm³/mol. The fourth-order valence-corrected chi connectivity index (χ4v) is 2.26. The van der Waals surface area contributed by atoms with Crippen LogP contribution in [0.5, 0.6) is 0 Å². The van der Waals surface area contributed by atoms with E-state index in [1.807, 2.05) is 0 Å². The number of nitrogens with zero attached hydrogens (tertiary/aromatic N) is 1. The number of piperidine rings is 1. The number of hydrogen-bond acceptors (Lipinski definition) is 3. The molecule has 2 aliphatic heterocycles. The van der Waals surface area contributed by atoms with Gasteiger partial charge in [-0.15, -0.1) is 0 Å². The molecule has 0 aliphatic carbocycles. The highest BCUT2D eigenvalue weighted by atomic mass is 16.3. The molecular weight excluding hydrogens is 142 g/mol. The summed E-state index contributed by atoms with van der Waals surface area (Å²) in [6.07, 6.45) is 2.35.